The largest absolute Gasteiger partial charge is 0.489 e. The molecule has 0 radical (unpaired) electrons. The smallest absolute Gasteiger partial charge is 0.329 e. The molecular formula is C27H28BrNO4. The summed E-state index contributed by atoms with van der Waals surface area (Å²) in [5.74, 6) is 0.0765. The molecule has 1 atom stereocenters. The Balaban J connectivity index is 1.65. The number of benzene rings is 3. The summed E-state index contributed by atoms with van der Waals surface area (Å²) in [6.07, 6.45) is 1.35. The summed E-state index contributed by atoms with van der Waals surface area (Å²) in [5, 5.41) is 3.57. The van der Waals surface area contributed by atoms with Gasteiger partial charge in [0.15, 0.2) is 0 Å². The lowest BCUT2D eigenvalue weighted by molar-refractivity contribution is -0.149. The van der Waals surface area contributed by atoms with E-state index in [1.54, 1.807) is 0 Å². The van der Waals surface area contributed by atoms with Crippen molar-refractivity contribution >= 4 is 27.8 Å². The van der Waals surface area contributed by atoms with E-state index < -0.39 is 12.0 Å². The predicted molar refractivity (Wildman–Crippen MR) is 132 cm³/mol. The van der Waals surface area contributed by atoms with Crippen LogP contribution in [0.2, 0.25) is 0 Å². The van der Waals surface area contributed by atoms with Gasteiger partial charge in [-0.3, -0.25) is 4.79 Å². The maximum atomic E-state index is 12.8. The number of esters is 1. The zero-order valence-corrected chi connectivity index (χ0v) is 20.0. The fourth-order valence-corrected chi connectivity index (χ4v) is 3.54. The fourth-order valence-electron chi connectivity index (χ4n) is 3.26. The monoisotopic (exact) mass is 509 g/mol. The number of carbonyl (C=O) groups excluding carboxylic acids is 2. The van der Waals surface area contributed by atoms with Crippen LogP contribution in [0.15, 0.2) is 84.9 Å². The molecule has 0 saturated heterocycles. The van der Waals surface area contributed by atoms with Crippen LogP contribution in [0, 0.1) is 0 Å². The van der Waals surface area contributed by atoms with Crippen molar-refractivity contribution in [3.05, 3.63) is 102 Å². The van der Waals surface area contributed by atoms with Crippen LogP contribution >= 0.6 is 15.9 Å². The van der Waals surface area contributed by atoms with Gasteiger partial charge in [0.2, 0.25) is 5.91 Å². The van der Waals surface area contributed by atoms with Gasteiger partial charge in [-0.15, -0.1) is 0 Å². The van der Waals surface area contributed by atoms with Crippen LogP contribution < -0.4 is 10.1 Å². The topological polar surface area (TPSA) is 64.6 Å². The SMILES string of the molecule is O=C(CCCBr)N[C@@H](Cc1cccc(OCc2ccccc2)c1)C(=O)OCc1ccccc1. The second-order valence-electron chi connectivity index (χ2n) is 7.63. The number of hydrogen-bond acceptors (Lipinski definition) is 4. The minimum Gasteiger partial charge on any atom is -0.489 e. The fraction of sp³-hybridized carbons (Fsp3) is 0.259. The van der Waals surface area contributed by atoms with Gasteiger partial charge in [-0.05, 0) is 35.2 Å². The van der Waals surface area contributed by atoms with E-state index >= 15 is 0 Å². The van der Waals surface area contributed by atoms with Crippen LogP contribution in [-0.4, -0.2) is 23.2 Å². The Morgan fingerprint density at radius 2 is 1.45 bits per heavy atom. The van der Waals surface area contributed by atoms with Gasteiger partial charge in [0.05, 0.1) is 0 Å². The number of amides is 1. The van der Waals surface area contributed by atoms with Crippen molar-refractivity contribution < 1.29 is 19.1 Å². The highest BCUT2D eigenvalue weighted by Gasteiger charge is 2.23. The van der Waals surface area contributed by atoms with Crippen LogP contribution in [0.3, 0.4) is 0 Å². The molecule has 0 bridgehead atoms. The lowest BCUT2D eigenvalue weighted by Crippen LogP contribution is -2.43. The van der Waals surface area contributed by atoms with Crippen molar-refractivity contribution in [1.82, 2.24) is 5.32 Å². The summed E-state index contributed by atoms with van der Waals surface area (Å²) < 4.78 is 11.4. The van der Waals surface area contributed by atoms with Crippen LogP contribution in [0.1, 0.15) is 29.5 Å². The minimum absolute atomic E-state index is 0.160. The highest BCUT2D eigenvalue weighted by molar-refractivity contribution is 9.09. The molecule has 172 valence electrons. The lowest BCUT2D eigenvalue weighted by Gasteiger charge is -2.18. The summed E-state index contributed by atoms with van der Waals surface area (Å²) in [6.45, 7) is 0.615. The Morgan fingerprint density at radius 3 is 2.12 bits per heavy atom. The molecule has 3 rings (SSSR count). The van der Waals surface area contributed by atoms with Gasteiger partial charge in [0.25, 0.3) is 0 Å². The van der Waals surface area contributed by atoms with Crippen molar-refractivity contribution in [2.45, 2.75) is 38.5 Å². The summed E-state index contributed by atoms with van der Waals surface area (Å²) in [5.41, 5.74) is 2.85. The van der Waals surface area contributed by atoms with Crippen molar-refractivity contribution in [3.63, 3.8) is 0 Å². The molecule has 6 heteroatoms. The third kappa shape index (κ3) is 8.73. The van der Waals surface area contributed by atoms with Gasteiger partial charge >= 0.3 is 5.97 Å². The molecule has 3 aromatic carbocycles. The van der Waals surface area contributed by atoms with E-state index in [-0.39, 0.29) is 12.5 Å². The molecule has 0 aliphatic heterocycles. The van der Waals surface area contributed by atoms with E-state index in [1.165, 1.54) is 0 Å². The predicted octanol–water partition coefficient (Wildman–Crippen LogP) is 5.21. The molecule has 0 fully saturated rings. The van der Waals surface area contributed by atoms with Gasteiger partial charge in [0, 0.05) is 18.2 Å². The molecule has 5 nitrogen and oxygen atoms in total. The standard InChI is InChI=1S/C27H28BrNO4/c28-16-8-15-26(30)29-25(27(31)33-20-22-11-5-2-6-12-22)18-23-13-7-14-24(17-23)32-19-21-9-3-1-4-10-21/h1-7,9-14,17,25H,8,15-16,18-20H2,(H,29,30)/t25-/m0/s1. The highest BCUT2D eigenvalue weighted by atomic mass is 79.9. The molecule has 0 unspecified atom stereocenters. The van der Waals surface area contributed by atoms with E-state index in [9.17, 15) is 9.59 Å². The van der Waals surface area contributed by atoms with Gasteiger partial charge in [-0.2, -0.15) is 0 Å². The van der Waals surface area contributed by atoms with Crippen LogP contribution in [0.5, 0.6) is 5.75 Å². The second kappa shape index (κ2) is 13.4. The number of rotatable bonds is 12. The third-order valence-electron chi connectivity index (χ3n) is 4.97. The maximum Gasteiger partial charge on any atom is 0.329 e. The van der Waals surface area contributed by atoms with Crippen LogP contribution in [0.25, 0.3) is 0 Å². The van der Waals surface area contributed by atoms with Gasteiger partial charge in [-0.25, -0.2) is 4.79 Å². The van der Waals surface area contributed by atoms with Crippen molar-refractivity contribution in [3.8, 4) is 5.75 Å². The number of hydrogen-bond donors (Lipinski definition) is 1. The van der Waals surface area contributed by atoms with E-state index in [4.69, 9.17) is 9.47 Å². The first kappa shape index (κ1) is 24.5. The Labute approximate surface area is 203 Å². The van der Waals surface area contributed by atoms with Gasteiger partial charge < -0.3 is 14.8 Å². The molecule has 0 heterocycles. The summed E-state index contributed by atoms with van der Waals surface area (Å²) in [6, 6.07) is 26.2. The number of nitrogens with one attached hydrogen (secondary N) is 1. The number of halogens is 1. The molecule has 0 aromatic heterocycles. The highest BCUT2D eigenvalue weighted by Crippen LogP contribution is 2.17. The van der Waals surface area contributed by atoms with E-state index in [2.05, 4.69) is 21.2 Å². The van der Waals surface area contributed by atoms with Crippen molar-refractivity contribution in [2.75, 3.05) is 5.33 Å². The van der Waals surface area contributed by atoms with Crippen LogP contribution in [-0.2, 0) is 34.0 Å². The first-order valence-electron chi connectivity index (χ1n) is 11.0. The molecule has 0 spiro atoms. The van der Waals surface area contributed by atoms with Crippen molar-refractivity contribution in [1.29, 1.82) is 0 Å². The summed E-state index contributed by atoms with van der Waals surface area (Å²) in [4.78, 5) is 25.2. The van der Waals surface area contributed by atoms with Gasteiger partial charge in [0.1, 0.15) is 25.0 Å². The molecule has 0 aliphatic carbocycles. The average molecular weight is 510 g/mol. The minimum atomic E-state index is -0.777. The summed E-state index contributed by atoms with van der Waals surface area (Å²) in [7, 11) is 0. The molecule has 1 amide bonds. The maximum absolute atomic E-state index is 12.8. The molecular weight excluding hydrogens is 482 g/mol. The van der Waals surface area contributed by atoms with E-state index in [0.29, 0.717) is 31.6 Å². The number of alkyl halides is 1. The molecule has 0 saturated carbocycles. The Kier molecular flexibility index (Phi) is 9.98. The third-order valence-corrected chi connectivity index (χ3v) is 5.53. The second-order valence-corrected chi connectivity index (χ2v) is 8.42. The molecule has 33 heavy (non-hydrogen) atoms. The normalized spacial score (nSPS) is 11.4. The van der Waals surface area contributed by atoms with Gasteiger partial charge in [-0.1, -0.05) is 88.7 Å². The van der Waals surface area contributed by atoms with Crippen LogP contribution in [0.4, 0.5) is 0 Å². The summed E-state index contributed by atoms with van der Waals surface area (Å²) >= 11 is 3.33. The first-order valence-corrected chi connectivity index (χ1v) is 12.1. The lowest BCUT2D eigenvalue weighted by atomic mass is 10.1. The Morgan fingerprint density at radius 1 is 0.818 bits per heavy atom. The Bertz CT molecular complexity index is 1010. The molecule has 3 aromatic rings. The number of carbonyl (C=O) groups is 2. The number of ether oxygens (including phenoxy) is 2. The van der Waals surface area contributed by atoms with E-state index in [1.807, 2.05) is 84.9 Å². The van der Waals surface area contributed by atoms with E-state index in [0.717, 1.165) is 22.0 Å². The average Bonchev–Trinajstić information content (AvgIpc) is 2.86. The van der Waals surface area contributed by atoms with Crippen molar-refractivity contribution in [2.24, 2.45) is 0 Å². The zero-order chi connectivity index (χ0) is 23.3. The molecule has 1 N–H and O–H groups in total. The zero-order valence-electron chi connectivity index (χ0n) is 18.4. The quantitative estimate of drug-likeness (QED) is 0.268. The molecule has 0 aliphatic rings. The first-order chi connectivity index (χ1) is 16.1. The Hall–Kier alpha value is -3.12.